The van der Waals surface area contributed by atoms with Crippen LogP contribution in [0.2, 0.25) is 0 Å². The summed E-state index contributed by atoms with van der Waals surface area (Å²) in [7, 11) is 3.26. The van der Waals surface area contributed by atoms with Crippen LogP contribution in [-0.2, 0) is 13.1 Å². The second-order valence-electron chi connectivity index (χ2n) is 4.06. The zero-order valence-electron chi connectivity index (χ0n) is 11.3. The van der Waals surface area contributed by atoms with Crippen molar-refractivity contribution in [1.29, 1.82) is 0 Å². The maximum Gasteiger partial charge on any atom is 0.240 e. The first-order valence-electron chi connectivity index (χ1n) is 5.93. The summed E-state index contributed by atoms with van der Waals surface area (Å²) in [6.07, 6.45) is 0. The zero-order valence-corrected chi connectivity index (χ0v) is 11.3. The van der Waals surface area contributed by atoms with E-state index in [1.165, 1.54) is 0 Å². The van der Waals surface area contributed by atoms with E-state index < -0.39 is 0 Å². The number of hydrogen-bond donors (Lipinski definition) is 1. The standard InChI is InChI=1S/C13H17N3O3/c1-9-15-13(19-16-9)8-14-7-10-4-11(17-2)6-12(5-10)18-3/h4-6,14H,7-8H2,1-3H3. The lowest BCUT2D eigenvalue weighted by Crippen LogP contribution is -2.13. The van der Waals surface area contributed by atoms with Crippen LogP contribution in [0, 0.1) is 6.92 Å². The van der Waals surface area contributed by atoms with Gasteiger partial charge < -0.3 is 19.3 Å². The van der Waals surface area contributed by atoms with Crippen LogP contribution in [0.5, 0.6) is 11.5 Å². The number of rotatable bonds is 6. The fraction of sp³-hybridized carbons (Fsp3) is 0.385. The van der Waals surface area contributed by atoms with Gasteiger partial charge in [0.15, 0.2) is 5.82 Å². The molecule has 19 heavy (non-hydrogen) atoms. The summed E-state index contributed by atoms with van der Waals surface area (Å²) in [6.45, 7) is 2.98. The molecule has 102 valence electrons. The van der Waals surface area contributed by atoms with Crippen LogP contribution in [0.15, 0.2) is 22.7 Å². The molecule has 0 radical (unpaired) electrons. The third-order valence-electron chi connectivity index (χ3n) is 2.59. The Balaban J connectivity index is 1.95. The smallest absolute Gasteiger partial charge is 0.240 e. The van der Waals surface area contributed by atoms with Gasteiger partial charge in [-0.15, -0.1) is 0 Å². The minimum atomic E-state index is 0.528. The van der Waals surface area contributed by atoms with Crippen LogP contribution >= 0.6 is 0 Å². The van der Waals surface area contributed by atoms with Crippen LogP contribution in [0.4, 0.5) is 0 Å². The third kappa shape index (κ3) is 3.69. The Hall–Kier alpha value is -2.08. The summed E-state index contributed by atoms with van der Waals surface area (Å²) in [6, 6.07) is 5.74. The highest BCUT2D eigenvalue weighted by atomic mass is 16.5. The third-order valence-corrected chi connectivity index (χ3v) is 2.59. The van der Waals surface area contributed by atoms with Crippen molar-refractivity contribution in [2.24, 2.45) is 0 Å². The van der Waals surface area contributed by atoms with E-state index in [0.29, 0.717) is 24.8 Å². The SMILES string of the molecule is COc1cc(CNCc2nc(C)no2)cc(OC)c1. The van der Waals surface area contributed by atoms with Crippen molar-refractivity contribution in [3.63, 3.8) is 0 Å². The molecule has 0 bridgehead atoms. The molecule has 0 atom stereocenters. The highest BCUT2D eigenvalue weighted by Gasteiger charge is 2.04. The first-order chi connectivity index (χ1) is 9.21. The van der Waals surface area contributed by atoms with Gasteiger partial charge in [-0.3, -0.25) is 0 Å². The zero-order chi connectivity index (χ0) is 13.7. The predicted molar refractivity (Wildman–Crippen MR) is 69.1 cm³/mol. The monoisotopic (exact) mass is 263 g/mol. The lowest BCUT2D eigenvalue weighted by molar-refractivity contribution is 0.363. The van der Waals surface area contributed by atoms with Crippen molar-refractivity contribution in [2.45, 2.75) is 20.0 Å². The van der Waals surface area contributed by atoms with Crippen LogP contribution in [0.1, 0.15) is 17.3 Å². The van der Waals surface area contributed by atoms with E-state index >= 15 is 0 Å². The summed E-state index contributed by atoms with van der Waals surface area (Å²) in [4.78, 5) is 4.12. The van der Waals surface area contributed by atoms with Gasteiger partial charge in [0.1, 0.15) is 11.5 Å². The first-order valence-corrected chi connectivity index (χ1v) is 5.93. The number of ether oxygens (including phenoxy) is 2. The Morgan fingerprint density at radius 2 is 1.79 bits per heavy atom. The number of methoxy groups -OCH3 is 2. The van der Waals surface area contributed by atoms with Gasteiger partial charge in [-0.1, -0.05) is 5.16 Å². The molecule has 2 aromatic rings. The second kappa shape index (κ2) is 6.19. The van der Waals surface area contributed by atoms with E-state index in [-0.39, 0.29) is 0 Å². The Morgan fingerprint density at radius 1 is 1.11 bits per heavy atom. The molecule has 0 fully saturated rings. The molecule has 0 unspecified atom stereocenters. The van der Waals surface area contributed by atoms with Crippen molar-refractivity contribution >= 4 is 0 Å². The number of nitrogens with zero attached hydrogens (tertiary/aromatic N) is 2. The number of aryl methyl sites for hydroxylation is 1. The van der Waals surface area contributed by atoms with Crippen molar-refractivity contribution in [3.8, 4) is 11.5 Å². The lowest BCUT2D eigenvalue weighted by atomic mass is 10.2. The highest BCUT2D eigenvalue weighted by Crippen LogP contribution is 2.22. The van der Waals surface area contributed by atoms with Gasteiger partial charge in [0.25, 0.3) is 0 Å². The molecular weight excluding hydrogens is 246 g/mol. The summed E-state index contributed by atoms with van der Waals surface area (Å²) < 4.78 is 15.5. The van der Waals surface area contributed by atoms with Crippen molar-refractivity contribution in [3.05, 3.63) is 35.5 Å². The highest BCUT2D eigenvalue weighted by molar-refractivity contribution is 5.38. The van der Waals surface area contributed by atoms with E-state index in [1.54, 1.807) is 21.1 Å². The van der Waals surface area contributed by atoms with Crippen LogP contribution in [0.25, 0.3) is 0 Å². The maximum absolute atomic E-state index is 5.22. The molecule has 0 saturated carbocycles. The van der Waals surface area contributed by atoms with Crippen LogP contribution < -0.4 is 14.8 Å². The molecule has 0 aliphatic rings. The average molecular weight is 263 g/mol. The van der Waals surface area contributed by atoms with Crippen molar-refractivity contribution in [1.82, 2.24) is 15.5 Å². The molecular formula is C13H17N3O3. The Labute approximate surface area is 111 Å². The molecule has 6 heteroatoms. The van der Waals surface area contributed by atoms with Gasteiger partial charge in [0.05, 0.1) is 20.8 Å². The molecule has 6 nitrogen and oxygen atoms in total. The van der Waals surface area contributed by atoms with E-state index in [2.05, 4.69) is 15.5 Å². The molecule has 1 N–H and O–H groups in total. The Bertz CT molecular complexity index is 517. The quantitative estimate of drug-likeness (QED) is 0.855. The number of hydrogen-bond acceptors (Lipinski definition) is 6. The van der Waals surface area contributed by atoms with Crippen LogP contribution in [-0.4, -0.2) is 24.4 Å². The van der Waals surface area contributed by atoms with Crippen LogP contribution in [0.3, 0.4) is 0 Å². The average Bonchev–Trinajstić information content (AvgIpc) is 2.84. The fourth-order valence-corrected chi connectivity index (χ4v) is 1.69. The molecule has 1 aromatic heterocycles. The topological polar surface area (TPSA) is 69.4 Å². The minimum absolute atomic E-state index is 0.528. The van der Waals surface area contributed by atoms with E-state index in [1.807, 2.05) is 18.2 Å². The number of aromatic nitrogens is 2. The molecule has 0 amide bonds. The normalized spacial score (nSPS) is 10.5. The lowest BCUT2D eigenvalue weighted by Gasteiger charge is -2.08. The van der Waals surface area contributed by atoms with Gasteiger partial charge in [-0.25, -0.2) is 0 Å². The molecule has 0 spiro atoms. The fourth-order valence-electron chi connectivity index (χ4n) is 1.69. The van der Waals surface area contributed by atoms with E-state index in [0.717, 1.165) is 17.1 Å². The molecule has 0 saturated heterocycles. The minimum Gasteiger partial charge on any atom is -0.497 e. The molecule has 0 aliphatic heterocycles. The van der Waals surface area contributed by atoms with E-state index in [9.17, 15) is 0 Å². The van der Waals surface area contributed by atoms with Gasteiger partial charge in [0, 0.05) is 12.6 Å². The summed E-state index contributed by atoms with van der Waals surface area (Å²) >= 11 is 0. The number of nitrogens with one attached hydrogen (secondary N) is 1. The van der Waals surface area contributed by atoms with Crippen molar-refractivity contribution < 1.29 is 14.0 Å². The Morgan fingerprint density at radius 3 is 2.32 bits per heavy atom. The summed E-state index contributed by atoms with van der Waals surface area (Å²) in [5.41, 5.74) is 1.06. The van der Waals surface area contributed by atoms with Gasteiger partial charge >= 0.3 is 0 Å². The van der Waals surface area contributed by atoms with Gasteiger partial charge in [0.2, 0.25) is 5.89 Å². The maximum atomic E-state index is 5.22. The summed E-state index contributed by atoms with van der Waals surface area (Å²) in [5, 5.41) is 6.96. The van der Waals surface area contributed by atoms with Crippen molar-refractivity contribution in [2.75, 3.05) is 14.2 Å². The summed E-state index contributed by atoms with van der Waals surface area (Å²) in [5.74, 6) is 2.75. The van der Waals surface area contributed by atoms with Gasteiger partial charge in [-0.2, -0.15) is 4.98 Å². The Kier molecular flexibility index (Phi) is 4.35. The second-order valence-corrected chi connectivity index (χ2v) is 4.06. The molecule has 1 heterocycles. The largest absolute Gasteiger partial charge is 0.497 e. The van der Waals surface area contributed by atoms with E-state index in [4.69, 9.17) is 14.0 Å². The first kappa shape index (κ1) is 13.4. The molecule has 1 aromatic carbocycles. The predicted octanol–water partition coefficient (Wildman–Crippen LogP) is 1.69. The number of benzene rings is 1. The van der Waals surface area contributed by atoms with Gasteiger partial charge in [-0.05, 0) is 24.6 Å². The molecule has 0 aliphatic carbocycles. The molecule has 2 rings (SSSR count).